The van der Waals surface area contributed by atoms with Gasteiger partial charge >= 0.3 is 0 Å². The minimum atomic E-state index is -0.340. The van der Waals surface area contributed by atoms with Gasteiger partial charge in [-0.3, -0.25) is 4.79 Å². The highest BCUT2D eigenvalue weighted by atomic mass is 79.9. The zero-order chi connectivity index (χ0) is 17.8. The molecule has 0 saturated carbocycles. The van der Waals surface area contributed by atoms with Crippen molar-refractivity contribution in [1.29, 1.82) is 0 Å². The van der Waals surface area contributed by atoms with Gasteiger partial charge in [0.05, 0.1) is 6.04 Å². The van der Waals surface area contributed by atoms with E-state index in [-0.39, 0.29) is 11.9 Å². The van der Waals surface area contributed by atoms with E-state index < -0.39 is 0 Å². The fraction of sp³-hybridized carbons (Fsp3) is 0.167. The second kappa shape index (κ2) is 7.80. The molecule has 0 aliphatic rings. The second-order valence-corrected chi connectivity index (χ2v) is 6.76. The van der Waals surface area contributed by atoms with E-state index in [1.54, 1.807) is 24.3 Å². The smallest absolute Gasteiger partial charge is 0.258 e. The summed E-state index contributed by atoms with van der Waals surface area (Å²) in [5.74, 6) is 0.646. The average molecular weight is 421 g/mol. The van der Waals surface area contributed by atoms with Crippen LogP contribution in [0.4, 0.5) is 0 Å². The first-order chi connectivity index (χ1) is 12.1. The quantitative estimate of drug-likeness (QED) is 0.628. The minimum absolute atomic E-state index is 0.211. The molecule has 1 aromatic heterocycles. The molecule has 128 valence electrons. The van der Waals surface area contributed by atoms with Crippen molar-refractivity contribution in [2.75, 3.05) is 0 Å². The SMILES string of the molecule is CCC(NC(=O)c1ccc(Cl)cc1)c1noc(-c2cccc(Br)c2)n1. The number of benzene rings is 2. The summed E-state index contributed by atoms with van der Waals surface area (Å²) in [6.07, 6.45) is 0.636. The lowest BCUT2D eigenvalue weighted by Gasteiger charge is -2.13. The minimum Gasteiger partial charge on any atom is -0.342 e. The van der Waals surface area contributed by atoms with Gasteiger partial charge in [0.25, 0.3) is 11.8 Å². The molecule has 0 bridgehead atoms. The van der Waals surface area contributed by atoms with Crippen molar-refractivity contribution >= 4 is 33.4 Å². The summed E-state index contributed by atoms with van der Waals surface area (Å²) >= 11 is 9.27. The number of nitrogens with zero attached hydrogens (tertiary/aromatic N) is 2. The maximum Gasteiger partial charge on any atom is 0.258 e. The lowest BCUT2D eigenvalue weighted by Crippen LogP contribution is -2.28. The molecule has 0 aliphatic carbocycles. The van der Waals surface area contributed by atoms with E-state index in [0.29, 0.717) is 28.7 Å². The number of nitrogens with one attached hydrogen (secondary N) is 1. The van der Waals surface area contributed by atoms with E-state index >= 15 is 0 Å². The Labute approximate surface area is 158 Å². The maximum absolute atomic E-state index is 12.4. The summed E-state index contributed by atoms with van der Waals surface area (Å²) in [6, 6.07) is 14.0. The molecule has 0 radical (unpaired) electrons. The van der Waals surface area contributed by atoms with Crippen LogP contribution in [0, 0.1) is 0 Å². The molecular formula is C18H15BrClN3O2. The lowest BCUT2D eigenvalue weighted by atomic mass is 10.1. The fourth-order valence-corrected chi connectivity index (χ4v) is 2.83. The van der Waals surface area contributed by atoms with Crippen LogP contribution in [0.15, 0.2) is 57.5 Å². The Morgan fingerprint density at radius 3 is 2.72 bits per heavy atom. The van der Waals surface area contributed by atoms with Gasteiger partial charge in [-0.15, -0.1) is 0 Å². The molecule has 3 rings (SSSR count). The molecule has 5 nitrogen and oxygen atoms in total. The van der Waals surface area contributed by atoms with Gasteiger partial charge in [-0.1, -0.05) is 45.7 Å². The van der Waals surface area contributed by atoms with Crippen molar-refractivity contribution in [3.63, 3.8) is 0 Å². The van der Waals surface area contributed by atoms with Crippen LogP contribution < -0.4 is 5.32 Å². The standard InChI is InChI=1S/C18H15BrClN3O2/c1-2-15(21-17(24)11-6-8-14(20)9-7-11)16-22-18(25-23-16)12-4-3-5-13(19)10-12/h3-10,15H,2H2,1H3,(H,21,24). The van der Waals surface area contributed by atoms with Gasteiger partial charge in [-0.2, -0.15) is 4.98 Å². The van der Waals surface area contributed by atoms with Crippen molar-refractivity contribution < 1.29 is 9.32 Å². The highest BCUT2D eigenvalue weighted by Gasteiger charge is 2.20. The average Bonchev–Trinajstić information content (AvgIpc) is 3.10. The van der Waals surface area contributed by atoms with E-state index in [1.165, 1.54) is 0 Å². The Hall–Kier alpha value is -2.18. The van der Waals surface area contributed by atoms with Gasteiger partial charge in [0.1, 0.15) is 0 Å². The number of hydrogen-bond acceptors (Lipinski definition) is 4. The molecule has 0 saturated heterocycles. The summed E-state index contributed by atoms with van der Waals surface area (Å²) in [5, 5.41) is 7.52. The largest absolute Gasteiger partial charge is 0.342 e. The van der Waals surface area contributed by atoms with E-state index in [1.807, 2.05) is 31.2 Å². The number of halogens is 2. The summed E-state index contributed by atoms with van der Waals surface area (Å²) in [6.45, 7) is 1.95. The number of rotatable bonds is 5. The molecule has 1 N–H and O–H groups in total. The number of aromatic nitrogens is 2. The normalized spacial score (nSPS) is 12.0. The molecule has 7 heteroatoms. The van der Waals surface area contributed by atoms with Crippen LogP contribution in [0.1, 0.15) is 35.6 Å². The first-order valence-electron chi connectivity index (χ1n) is 7.73. The van der Waals surface area contributed by atoms with Crippen LogP contribution >= 0.6 is 27.5 Å². The number of amides is 1. The van der Waals surface area contributed by atoms with Crippen LogP contribution in [0.2, 0.25) is 5.02 Å². The third-order valence-corrected chi connectivity index (χ3v) is 4.39. The number of hydrogen-bond donors (Lipinski definition) is 1. The van der Waals surface area contributed by atoms with Crippen molar-refractivity contribution in [3.8, 4) is 11.5 Å². The van der Waals surface area contributed by atoms with Gasteiger partial charge < -0.3 is 9.84 Å². The molecule has 2 aromatic carbocycles. The van der Waals surface area contributed by atoms with Crippen molar-refractivity contribution in [2.24, 2.45) is 0 Å². The van der Waals surface area contributed by atoms with Crippen molar-refractivity contribution in [3.05, 3.63) is 69.4 Å². The van der Waals surface area contributed by atoms with Crippen LogP contribution in [0.5, 0.6) is 0 Å². The Morgan fingerprint density at radius 1 is 1.28 bits per heavy atom. The molecule has 1 atom stereocenters. The molecule has 0 spiro atoms. The fourth-order valence-electron chi connectivity index (χ4n) is 2.31. The van der Waals surface area contributed by atoms with Gasteiger partial charge in [-0.25, -0.2) is 0 Å². The predicted molar refractivity (Wildman–Crippen MR) is 99.4 cm³/mol. The number of carbonyl (C=O) groups is 1. The molecule has 0 fully saturated rings. The molecule has 0 aliphatic heterocycles. The molecule has 25 heavy (non-hydrogen) atoms. The topological polar surface area (TPSA) is 68.0 Å². The summed E-state index contributed by atoms with van der Waals surface area (Å²) in [4.78, 5) is 16.8. The van der Waals surface area contributed by atoms with E-state index in [4.69, 9.17) is 16.1 Å². The van der Waals surface area contributed by atoms with Gasteiger partial charge in [0.2, 0.25) is 0 Å². The summed E-state index contributed by atoms with van der Waals surface area (Å²) in [5.41, 5.74) is 1.34. The van der Waals surface area contributed by atoms with Crippen LogP contribution in [-0.2, 0) is 0 Å². The van der Waals surface area contributed by atoms with Crippen LogP contribution in [0.25, 0.3) is 11.5 Å². The Balaban J connectivity index is 1.77. The van der Waals surface area contributed by atoms with Crippen LogP contribution in [-0.4, -0.2) is 16.0 Å². The third kappa shape index (κ3) is 4.27. The van der Waals surface area contributed by atoms with E-state index in [0.717, 1.165) is 10.0 Å². The third-order valence-electron chi connectivity index (χ3n) is 3.64. The molecule has 3 aromatic rings. The van der Waals surface area contributed by atoms with E-state index in [2.05, 4.69) is 31.4 Å². The molecule has 1 unspecified atom stereocenters. The zero-order valence-electron chi connectivity index (χ0n) is 13.4. The Morgan fingerprint density at radius 2 is 2.04 bits per heavy atom. The van der Waals surface area contributed by atoms with Crippen molar-refractivity contribution in [2.45, 2.75) is 19.4 Å². The summed E-state index contributed by atoms with van der Waals surface area (Å²) in [7, 11) is 0. The van der Waals surface area contributed by atoms with Crippen LogP contribution in [0.3, 0.4) is 0 Å². The zero-order valence-corrected chi connectivity index (χ0v) is 15.7. The monoisotopic (exact) mass is 419 g/mol. The molecule has 1 amide bonds. The van der Waals surface area contributed by atoms with E-state index in [9.17, 15) is 4.79 Å². The van der Waals surface area contributed by atoms with Gasteiger partial charge in [0.15, 0.2) is 5.82 Å². The maximum atomic E-state index is 12.4. The summed E-state index contributed by atoms with van der Waals surface area (Å²) < 4.78 is 6.26. The lowest BCUT2D eigenvalue weighted by molar-refractivity contribution is 0.0933. The Bertz CT molecular complexity index is 880. The molecule has 1 heterocycles. The highest BCUT2D eigenvalue weighted by molar-refractivity contribution is 9.10. The van der Waals surface area contributed by atoms with Gasteiger partial charge in [-0.05, 0) is 48.9 Å². The second-order valence-electron chi connectivity index (χ2n) is 5.41. The predicted octanol–water partition coefficient (Wildman–Crippen LogP) is 5.03. The highest BCUT2D eigenvalue weighted by Crippen LogP contribution is 2.23. The molecular weight excluding hydrogens is 406 g/mol. The number of carbonyl (C=O) groups excluding carboxylic acids is 1. The van der Waals surface area contributed by atoms with Gasteiger partial charge in [0, 0.05) is 20.6 Å². The first kappa shape index (κ1) is 17.6. The first-order valence-corrected chi connectivity index (χ1v) is 8.90. The van der Waals surface area contributed by atoms with Crippen molar-refractivity contribution in [1.82, 2.24) is 15.5 Å². The Kier molecular flexibility index (Phi) is 5.50.